The molecule has 3 rings (SSSR count). The standard InChI is InChI=1S/C19H22ClFN4O/c1-24-7-8-25(18(12-24)13-3-2-4-16(20)9-13)11-15-6-5-14(10-17(15)21)19(26)23-22/h2-6,9-10,18H,7-8,11-12,22H2,1H3,(H,23,26). The van der Waals surface area contributed by atoms with E-state index in [1.807, 2.05) is 29.7 Å². The molecule has 5 nitrogen and oxygen atoms in total. The normalized spacial score (nSPS) is 18.7. The average Bonchev–Trinajstić information content (AvgIpc) is 2.64. The molecule has 1 aliphatic heterocycles. The predicted octanol–water partition coefficient (Wildman–Crippen LogP) is 2.57. The van der Waals surface area contributed by atoms with Crippen LogP contribution < -0.4 is 11.3 Å². The fraction of sp³-hybridized carbons (Fsp3) is 0.316. The maximum absolute atomic E-state index is 14.5. The fourth-order valence-electron chi connectivity index (χ4n) is 3.30. The molecule has 2 aromatic carbocycles. The van der Waals surface area contributed by atoms with E-state index < -0.39 is 11.7 Å². The lowest BCUT2D eigenvalue weighted by Crippen LogP contribution is -2.46. The summed E-state index contributed by atoms with van der Waals surface area (Å²) in [5.41, 5.74) is 3.89. The highest BCUT2D eigenvalue weighted by Gasteiger charge is 2.27. The van der Waals surface area contributed by atoms with Crippen molar-refractivity contribution in [2.45, 2.75) is 12.6 Å². The molecule has 0 aromatic heterocycles. The van der Waals surface area contributed by atoms with E-state index in [1.165, 1.54) is 6.07 Å². The number of benzene rings is 2. The molecule has 1 atom stereocenters. The second-order valence-corrected chi connectivity index (χ2v) is 7.02. The summed E-state index contributed by atoms with van der Waals surface area (Å²) in [6, 6.07) is 12.4. The quantitative estimate of drug-likeness (QED) is 0.489. The van der Waals surface area contributed by atoms with Crippen LogP contribution in [0.15, 0.2) is 42.5 Å². The Hall–Kier alpha value is -1.99. The Morgan fingerprint density at radius 1 is 1.31 bits per heavy atom. The number of carbonyl (C=O) groups excluding carboxylic acids is 1. The van der Waals surface area contributed by atoms with Gasteiger partial charge >= 0.3 is 0 Å². The minimum absolute atomic E-state index is 0.124. The highest BCUT2D eigenvalue weighted by atomic mass is 35.5. The minimum Gasteiger partial charge on any atom is -0.303 e. The molecule has 1 saturated heterocycles. The molecule has 138 valence electrons. The first-order valence-electron chi connectivity index (χ1n) is 8.45. The zero-order valence-corrected chi connectivity index (χ0v) is 15.3. The fourth-order valence-corrected chi connectivity index (χ4v) is 3.49. The first kappa shape index (κ1) is 18.8. The molecule has 1 unspecified atom stereocenters. The molecule has 0 bridgehead atoms. The minimum atomic E-state index is -0.508. The molecule has 1 fully saturated rings. The maximum atomic E-state index is 14.5. The molecule has 0 radical (unpaired) electrons. The van der Waals surface area contributed by atoms with Crippen molar-refractivity contribution in [1.82, 2.24) is 15.2 Å². The van der Waals surface area contributed by atoms with Gasteiger partial charge in [0.15, 0.2) is 0 Å². The van der Waals surface area contributed by atoms with Gasteiger partial charge in [-0.3, -0.25) is 15.1 Å². The number of hydrogen-bond acceptors (Lipinski definition) is 4. The van der Waals surface area contributed by atoms with Crippen molar-refractivity contribution >= 4 is 17.5 Å². The number of rotatable bonds is 4. The topological polar surface area (TPSA) is 61.6 Å². The molecule has 26 heavy (non-hydrogen) atoms. The predicted molar refractivity (Wildman–Crippen MR) is 100 cm³/mol. The zero-order valence-electron chi connectivity index (χ0n) is 14.6. The van der Waals surface area contributed by atoms with Crippen LogP contribution in [0.5, 0.6) is 0 Å². The van der Waals surface area contributed by atoms with Crippen LogP contribution in [0.3, 0.4) is 0 Å². The van der Waals surface area contributed by atoms with Gasteiger partial charge in [-0.1, -0.05) is 29.8 Å². The van der Waals surface area contributed by atoms with Crippen LogP contribution in [0.25, 0.3) is 0 Å². The number of likely N-dealkylation sites (N-methyl/N-ethyl adjacent to an activating group) is 1. The molecular formula is C19H22ClFN4O. The third-order valence-corrected chi connectivity index (χ3v) is 4.98. The second kappa shape index (κ2) is 8.14. The lowest BCUT2D eigenvalue weighted by atomic mass is 10.0. The van der Waals surface area contributed by atoms with E-state index >= 15 is 0 Å². The number of carbonyl (C=O) groups is 1. The summed E-state index contributed by atoms with van der Waals surface area (Å²) < 4.78 is 14.5. The zero-order chi connectivity index (χ0) is 18.7. The van der Waals surface area contributed by atoms with Gasteiger partial charge < -0.3 is 4.90 Å². The van der Waals surface area contributed by atoms with Gasteiger partial charge in [0.1, 0.15) is 5.82 Å². The molecular weight excluding hydrogens is 355 g/mol. The van der Waals surface area contributed by atoms with Gasteiger partial charge in [0, 0.05) is 48.4 Å². The first-order valence-corrected chi connectivity index (χ1v) is 8.83. The van der Waals surface area contributed by atoms with Gasteiger partial charge in [-0.2, -0.15) is 0 Å². The molecule has 7 heteroatoms. The van der Waals surface area contributed by atoms with Gasteiger partial charge in [0.25, 0.3) is 5.91 Å². The van der Waals surface area contributed by atoms with Crippen LogP contribution in [0.4, 0.5) is 4.39 Å². The number of hydrogen-bond donors (Lipinski definition) is 2. The molecule has 1 aliphatic rings. The summed E-state index contributed by atoms with van der Waals surface area (Å²) in [6.45, 7) is 3.03. The van der Waals surface area contributed by atoms with Crippen molar-refractivity contribution in [2.24, 2.45) is 5.84 Å². The van der Waals surface area contributed by atoms with E-state index in [4.69, 9.17) is 17.4 Å². The first-order chi connectivity index (χ1) is 12.5. The number of piperazine rings is 1. The summed E-state index contributed by atoms with van der Waals surface area (Å²) in [6.07, 6.45) is 0. The Morgan fingerprint density at radius 2 is 2.12 bits per heavy atom. The summed E-state index contributed by atoms with van der Waals surface area (Å²) in [4.78, 5) is 16.0. The molecule has 2 aromatic rings. The van der Waals surface area contributed by atoms with Crippen molar-refractivity contribution in [3.8, 4) is 0 Å². The monoisotopic (exact) mass is 376 g/mol. The number of nitrogens with one attached hydrogen (secondary N) is 1. The summed E-state index contributed by atoms with van der Waals surface area (Å²) in [5, 5.41) is 0.694. The van der Waals surface area contributed by atoms with Gasteiger partial charge in [-0.05, 0) is 36.9 Å². The van der Waals surface area contributed by atoms with Gasteiger partial charge in [0.2, 0.25) is 0 Å². The third-order valence-electron chi connectivity index (χ3n) is 4.75. The molecule has 0 spiro atoms. The number of nitrogens with two attached hydrogens (primary N) is 1. The van der Waals surface area contributed by atoms with Crippen molar-refractivity contribution in [3.63, 3.8) is 0 Å². The van der Waals surface area contributed by atoms with Crippen LogP contribution in [0, 0.1) is 5.82 Å². The summed E-state index contributed by atoms with van der Waals surface area (Å²) in [7, 11) is 2.08. The smallest absolute Gasteiger partial charge is 0.265 e. The molecule has 1 heterocycles. The van der Waals surface area contributed by atoms with Gasteiger partial charge in [-0.15, -0.1) is 0 Å². The Kier molecular flexibility index (Phi) is 5.88. The van der Waals surface area contributed by atoms with Crippen LogP contribution in [0.2, 0.25) is 5.02 Å². The second-order valence-electron chi connectivity index (χ2n) is 6.58. The van der Waals surface area contributed by atoms with Gasteiger partial charge in [0.05, 0.1) is 0 Å². The van der Waals surface area contributed by atoms with Crippen LogP contribution in [0.1, 0.15) is 27.5 Å². The van der Waals surface area contributed by atoms with Crippen LogP contribution in [-0.2, 0) is 6.54 Å². The Balaban J connectivity index is 1.83. The highest BCUT2D eigenvalue weighted by molar-refractivity contribution is 6.30. The van der Waals surface area contributed by atoms with E-state index in [9.17, 15) is 9.18 Å². The van der Waals surface area contributed by atoms with Crippen molar-refractivity contribution < 1.29 is 9.18 Å². The number of halogens is 2. The molecule has 1 amide bonds. The SMILES string of the molecule is CN1CCN(Cc2ccc(C(=O)NN)cc2F)C(c2cccc(Cl)c2)C1. The summed E-state index contributed by atoms with van der Waals surface area (Å²) in [5.74, 6) is 4.19. The van der Waals surface area contributed by atoms with E-state index in [-0.39, 0.29) is 11.6 Å². The van der Waals surface area contributed by atoms with Crippen molar-refractivity contribution in [2.75, 3.05) is 26.7 Å². The van der Waals surface area contributed by atoms with E-state index in [2.05, 4.69) is 16.8 Å². The number of nitrogen functional groups attached to an aromatic ring is 1. The van der Waals surface area contributed by atoms with E-state index in [0.717, 1.165) is 25.2 Å². The highest BCUT2D eigenvalue weighted by Crippen LogP contribution is 2.29. The number of amides is 1. The lowest BCUT2D eigenvalue weighted by molar-refractivity contribution is 0.0824. The maximum Gasteiger partial charge on any atom is 0.265 e. The Bertz CT molecular complexity index is 801. The van der Waals surface area contributed by atoms with Crippen LogP contribution in [-0.4, -0.2) is 42.4 Å². The Morgan fingerprint density at radius 3 is 2.81 bits per heavy atom. The van der Waals surface area contributed by atoms with Crippen molar-refractivity contribution in [3.05, 3.63) is 70.0 Å². The number of hydrazine groups is 1. The lowest BCUT2D eigenvalue weighted by Gasteiger charge is -2.40. The van der Waals surface area contributed by atoms with Crippen molar-refractivity contribution in [1.29, 1.82) is 0 Å². The third kappa shape index (κ3) is 4.22. The summed E-state index contributed by atoms with van der Waals surface area (Å²) >= 11 is 6.15. The van der Waals surface area contributed by atoms with Gasteiger partial charge in [-0.25, -0.2) is 10.2 Å². The average molecular weight is 377 g/mol. The van der Waals surface area contributed by atoms with E-state index in [1.54, 1.807) is 12.1 Å². The van der Waals surface area contributed by atoms with Crippen LogP contribution >= 0.6 is 11.6 Å². The Labute approximate surface area is 157 Å². The number of nitrogens with zero attached hydrogens (tertiary/aromatic N) is 2. The van der Waals surface area contributed by atoms with E-state index in [0.29, 0.717) is 17.1 Å². The largest absolute Gasteiger partial charge is 0.303 e. The molecule has 0 aliphatic carbocycles. The molecule has 3 N–H and O–H groups in total. The molecule has 0 saturated carbocycles.